The highest BCUT2D eigenvalue weighted by molar-refractivity contribution is 7.59. The van der Waals surface area contributed by atoms with E-state index in [1.54, 1.807) is 114 Å². The van der Waals surface area contributed by atoms with Gasteiger partial charge in [0.05, 0.1) is 24.3 Å². The summed E-state index contributed by atoms with van der Waals surface area (Å²) in [6, 6.07) is 17.4. The Balaban J connectivity index is 1.57. The van der Waals surface area contributed by atoms with Gasteiger partial charge in [0.25, 0.3) is 5.91 Å². The van der Waals surface area contributed by atoms with Crippen LogP contribution in [0.3, 0.4) is 0 Å². The van der Waals surface area contributed by atoms with Gasteiger partial charge in [0, 0.05) is 67.8 Å². The van der Waals surface area contributed by atoms with Crippen LogP contribution in [0.4, 0.5) is 8.78 Å². The van der Waals surface area contributed by atoms with Crippen molar-refractivity contribution in [3.05, 3.63) is 124 Å². The van der Waals surface area contributed by atoms with E-state index in [9.17, 15) is 37.9 Å². The predicted octanol–water partition coefficient (Wildman–Crippen LogP) is 7.80. The summed E-state index contributed by atoms with van der Waals surface area (Å²) < 4.78 is 82.6. The van der Waals surface area contributed by atoms with Crippen LogP contribution >= 0.6 is 14.9 Å². The maximum Gasteiger partial charge on any atom is 0.323 e. The lowest BCUT2D eigenvalue weighted by Crippen LogP contribution is -2.57. The van der Waals surface area contributed by atoms with E-state index in [1.165, 1.54) is 11.5 Å². The van der Waals surface area contributed by atoms with Crippen LogP contribution in [0.1, 0.15) is 81.8 Å². The van der Waals surface area contributed by atoms with Crippen LogP contribution in [0.25, 0.3) is 0 Å². The number of Topliss-reactive ketones (excluding diaryl/α,β-unsaturated/α-hetero) is 1. The van der Waals surface area contributed by atoms with Crippen molar-refractivity contribution in [3.8, 4) is 17.2 Å². The smallest absolute Gasteiger partial charge is 0.323 e. The number of carbonyl (C=O) groups is 4. The van der Waals surface area contributed by atoms with E-state index in [4.69, 9.17) is 18.5 Å². The highest BCUT2D eigenvalue weighted by Gasteiger charge is 2.48. The Kier molecular flexibility index (Phi) is 17.7. The Labute approximate surface area is 394 Å². The highest BCUT2D eigenvalue weighted by Crippen LogP contribution is 2.50. The number of hydrogen-bond acceptors (Lipinski definition) is 13. The van der Waals surface area contributed by atoms with Crippen molar-refractivity contribution in [1.29, 1.82) is 0 Å². The fourth-order valence-corrected chi connectivity index (χ4v) is 12.0. The largest absolute Gasteiger partial charge is 0.503 e. The number of hydrogen-bond donors (Lipinski definition) is 3. The molecule has 5 atom stereocenters. The van der Waals surface area contributed by atoms with Gasteiger partial charge in [-0.15, -0.1) is 0 Å². The number of amides is 1. The van der Waals surface area contributed by atoms with E-state index in [-0.39, 0.29) is 60.9 Å². The lowest BCUT2D eigenvalue weighted by molar-refractivity contribution is -0.151. The summed E-state index contributed by atoms with van der Waals surface area (Å²) in [6.07, 6.45) is -0.581. The third kappa shape index (κ3) is 13.7. The maximum atomic E-state index is 15.1. The maximum absolute atomic E-state index is 15.1. The number of ether oxygens (including phenoxy) is 2. The Morgan fingerprint density at radius 2 is 1.41 bits per heavy atom. The fraction of sp³-hybridized carbons (Fsp3) is 0.438. The molecule has 20 heteroatoms. The van der Waals surface area contributed by atoms with Gasteiger partial charge in [0.1, 0.15) is 40.4 Å². The van der Waals surface area contributed by atoms with Gasteiger partial charge in [0.15, 0.2) is 11.5 Å². The first-order chi connectivity index (χ1) is 31.9. The number of pyridine rings is 1. The molecule has 0 saturated heterocycles. The molecule has 1 amide bonds. The van der Waals surface area contributed by atoms with Gasteiger partial charge in [-0.25, -0.2) is 13.9 Å². The standard InChI is InChI=1S/C48H60F2N4O12P2/c1-30(2)63-46(59)32(5)29-67(61,65-36-15-11-9-12-16-36)23-21-53(22-24-68(62,66-37-17-13-10-14-18-37)52-33(6)47(60)64-31(3)4)40-28-54-27-38(42(55)43(56)41(54)44(57)48(40,7)8)45(58)51-26-34-19-20-35(49)25-39(34)50/h9-20,25,27,30-33,40,56H,21-24,26,28-29H2,1-8H3,(H,51,58)(H,52,62)/t32-,33+,40?,67?,68?/m0/s1. The molecule has 3 N–H and O–H groups in total. The Morgan fingerprint density at radius 3 is 2.00 bits per heavy atom. The predicted molar refractivity (Wildman–Crippen MR) is 252 cm³/mol. The summed E-state index contributed by atoms with van der Waals surface area (Å²) in [6.45, 7) is 12.1. The summed E-state index contributed by atoms with van der Waals surface area (Å²) in [5, 5.41) is 16.5. The number of nitrogens with one attached hydrogen (secondary N) is 2. The van der Waals surface area contributed by atoms with Gasteiger partial charge in [-0.3, -0.25) is 38.0 Å². The van der Waals surface area contributed by atoms with Crippen LogP contribution in [0.2, 0.25) is 0 Å². The summed E-state index contributed by atoms with van der Waals surface area (Å²) in [7, 11) is -7.95. The third-order valence-corrected chi connectivity index (χ3v) is 15.8. The number of carbonyl (C=O) groups excluding carboxylic acids is 4. The van der Waals surface area contributed by atoms with Gasteiger partial charge < -0.3 is 33.5 Å². The third-order valence-electron chi connectivity index (χ3n) is 11.2. The van der Waals surface area contributed by atoms with E-state index in [1.807, 2.05) is 0 Å². The molecule has 68 heavy (non-hydrogen) atoms. The number of halogens is 2. The molecule has 3 unspecified atom stereocenters. The molecule has 0 aliphatic carbocycles. The summed E-state index contributed by atoms with van der Waals surface area (Å²) in [5.41, 5.74) is -3.65. The quantitative estimate of drug-likeness (QED) is 0.0507. The van der Waals surface area contributed by atoms with Crippen LogP contribution < -0.4 is 24.9 Å². The molecule has 5 rings (SSSR count). The van der Waals surface area contributed by atoms with E-state index in [2.05, 4.69) is 10.4 Å². The summed E-state index contributed by atoms with van der Waals surface area (Å²) >= 11 is 0. The SMILES string of the molecule is CC(C)OC(=O)[C@@H](C)CP(=O)(CCN(CCP(=O)(N[C@H](C)C(=O)OC(C)C)Oc1ccccc1)C1Cn2cc(C(=O)NCc3ccc(F)cc3F)c(=O)c(O)c2C(=O)C1(C)C)Oc1ccccc1. The number of nitrogens with zero attached hydrogens (tertiary/aromatic N) is 2. The van der Waals surface area contributed by atoms with Crippen molar-refractivity contribution in [2.24, 2.45) is 11.3 Å². The van der Waals surface area contributed by atoms with Crippen molar-refractivity contribution < 1.29 is 60.7 Å². The first-order valence-corrected chi connectivity index (χ1v) is 26.0. The lowest BCUT2D eigenvalue weighted by Gasteiger charge is -2.46. The second-order valence-corrected chi connectivity index (χ2v) is 22.8. The molecule has 0 bridgehead atoms. The van der Waals surface area contributed by atoms with Gasteiger partial charge in [-0.2, -0.15) is 0 Å². The molecule has 1 aliphatic heterocycles. The second-order valence-electron chi connectivity index (χ2n) is 17.9. The number of para-hydroxylation sites is 2. The minimum Gasteiger partial charge on any atom is -0.503 e. The molecule has 0 radical (unpaired) electrons. The molecule has 1 aromatic heterocycles. The zero-order valence-corrected chi connectivity index (χ0v) is 41.2. The molecule has 0 fully saturated rings. The molecule has 1 aliphatic rings. The Bertz CT molecular complexity index is 2520. The molecular weight excluding hydrogens is 924 g/mol. The van der Waals surface area contributed by atoms with Crippen molar-refractivity contribution in [2.75, 3.05) is 31.6 Å². The Hall–Kier alpha value is -5.67. The average molecular weight is 985 g/mol. The van der Waals surface area contributed by atoms with Crippen molar-refractivity contribution in [3.63, 3.8) is 0 Å². The first-order valence-electron chi connectivity index (χ1n) is 22.2. The van der Waals surface area contributed by atoms with Crippen LogP contribution in [-0.4, -0.2) is 94.1 Å². The van der Waals surface area contributed by atoms with Crippen molar-refractivity contribution >= 4 is 38.5 Å². The zero-order valence-electron chi connectivity index (χ0n) is 39.4. The number of aromatic hydroxyl groups is 1. The van der Waals surface area contributed by atoms with E-state index in [0.717, 1.165) is 18.3 Å². The second kappa shape index (κ2) is 22.6. The molecule has 368 valence electrons. The number of benzene rings is 3. The van der Waals surface area contributed by atoms with E-state index < -0.39 is 109 Å². The monoisotopic (exact) mass is 984 g/mol. The highest BCUT2D eigenvalue weighted by atomic mass is 31.2. The van der Waals surface area contributed by atoms with Gasteiger partial charge in [0.2, 0.25) is 12.8 Å². The minimum atomic E-state index is -4.09. The topological polar surface area (TPSA) is 209 Å². The number of aromatic nitrogens is 1. The van der Waals surface area contributed by atoms with E-state index in [0.29, 0.717) is 6.07 Å². The Morgan fingerprint density at radius 1 is 0.838 bits per heavy atom. The molecule has 0 saturated carbocycles. The van der Waals surface area contributed by atoms with E-state index >= 15 is 9.13 Å². The summed E-state index contributed by atoms with van der Waals surface area (Å²) in [4.78, 5) is 69.5. The number of rotatable bonds is 22. The lowest BCUT2D eigenvalue weighted by atomic mass is 9.75. The summed E-state index contributed by atoms with van der Waals surface area (Å²) in [5.74, 6) is -6.14. The molecule has 16 nitrogen and oxygen atoms in total. The van der Waals surface area contributed by atoms with Crippen LogP contribution in [0.15, 0.2) is 89.9 Å². The first kappa shape index (κ1) is 53.3. The molecule has 3 aromatic carbocycles. The average Bonchev–Trinajstić information content (AvgIpc) is 3.26. The number of fused-ring (bicyclic) bond motifs is 1. The van der Waals surface area contributed by atoms with Crippen molar-refractivity contribution in [2.45, 2.75) is 92.8 Å². The number of ketones is 1. The van der Waals surface area contributed by atoms with Gasteiger partial charge >= 0.3 is 19.5 Å². The van der Waals surface area contributed by atoms with Gasteiger partial charge in [-0.1, -0.05) is 63.2 Å². The molecule has 4 aromatic rings. The molecule has 2 heterocycles. The van der Waals surface area contributed by atoms with Crippen LogP contribution in [0.5, 0.6) is 17.2 Å². The molecular formula is C48H60F2N4O12P2. The fourth-order valence-electron chi connectivity index (χ4n) is 7.70. The molecule has 0 spiro atoms. The van der Waals surface area contributed by atoms with Crippen LogP contribution in [0, 0.1) is 23.0 Å². The van der Waals surface area contributed by atoms with Gasteiger partial charge in [-0.05, 0) is 65.0 Å². The normalized spacial score (nSPS) is 17.1. The van der Waals surface area contributed by atoms with Crippen molar-refractivity contribution in [1.82, 2.24) is 19.9 Å². The zero-order chi connectivity index (χ0) is 50.1. The van der Waals surface area contributed by atoms with Crippen LogP contribution in [-0.2, 0) is 41.3 Å². The minimum absolute atomic E-state index is 0.0800. The number of esters is 2.